The molecule has 116 valence electrons. The van der Waals surface area contributed by atoms with Gasteiger partial charge < -0.3 is 15.7 Å². The molecule has 0 bridgehead atoms. The highest BCUT2D eigenvalue weighted by atomic mass is 35.5. The predicted molar refractivity (Wildman–Crippen MR) is 84.6 cm³/mol. The molecule has 3 N–H and O–H groups in total. The molecule has 2 atom stereocenters. The van der Waals surface area contributed by atoms with Crippen LogP contribution in [0.1, 0.15) is 43.0 Å². The van der Waals surface area contributed by atoms with Crippen LogP contribution in [0.4, 0.5) is 0 Å². The van der Waals surface area contributed by atoms with Gasteiger partial charge in [0.1, 0.15) is 5.75 Å². The van der Waals surface area contributed by atoms with Crippen LogP contribution < -0.4 is 5.73 Å². The fourth-order valence-corrected chi connectivity index (χ4v) is 3.41. The molecule has 4 nitrogen and oxygen atoms in total. The summed E-state index contributed by atoms with van der Waals surface area (Å²) in [7, 11) is 0. The molecule has 1 aromatic carbocycles. The third-order valence-corrected chi connectivity index (χ3v) is 4.60. The quantitative estimate of drug-likeness (QED) is 0.898. The molecular formula is C16H23ClN2O2. The second-order valence-corrected chi connectivity index (χ2v) is 6.04. The summed E-state index contributed by atoms with van der Waals surface area (Å²) < 4.78 is 0. The van der Waals surface area contributed by atoms with Crippen LogP contribution in [0.5, 0.6) is 5.75 Å². The van der Waals surface area contributed by atoms with Gasteiger partial charge in [-0.25, -0.2) is 0 Å². The third kappa shape index (κ3) is 3.50. The maximum Gasteiger partial charge on any atom is 0.257 e. The van der Waals surface area contributed by atoms with Crippen molar-refractivity contribution in [3.8, 4) is 5.75 Å². The normalized spacial score (nSPS) is 22.0. The first-order valence-corrected chi connectivity index (χ1v) is 7.95. The number of phenols is 1. The van der Waals surface area contributed by atoms with E-state index in [1.165, 1.54) is 18.6 Å². The summed E-state index contributed by atoms with van der Waals surface area (Å²) in [5.41, 5.74) is 6.14. The monoisotopic (exact) mass is 310 g/mol. The Bertz CT molecular complexity index is 507. The van der Waals surface area contributed by atoms with Crippen molar-refractivity contribution in [3.05, 3.63) is 28.8 Å². The van der Waals surface area contributed by atoms with Gasteiger partial charge in [-0.2, -0.15) is 0 Å². The minimum absolute atomic E-state index is 0.0250. The van der Waals surface area contributed by atoms with E-state index in [4.69, 9.17) is 17.3 Å². The van der Waals surface area contributed by atoms with Crippen molar-refractivity contribution < 1.29 is 9.90 Å². The third-order valence-electron chi connectivity index (χ3n) is 4.36. The van der Waals surface area contributed by atoms with Gasteiger partial charge in [0.15, 0.2) is 0 Å². The number of hydrogen-bond donors (Lipinski definition) is 2. The Balaban J connectivity index is 2.27. The number of carbonyl (C=O) groups excluding carboxylic acids is 1. The molecule has 1 amide bonds. The Morgan fingerprint density at radius 1 is 1.43 bits per heavy atom. The zero-order valence-corrected chi connectivity index (χ0v) is 13.1. The molecule has 1 aromatic rings. The van der Waals surface area contributed by atoms with Crippen molar-refractivity contribution in [2.75, 3.05) is 13.1 Å². The number of nitrogens with two attached hydrogens (primary N) is 1. The zero-order chi connectivity index (χ0) is 15.4. The molecule has 21 heavy (non-hydrogen) atoms. The van der Waals surface area contributed by atoms with Gasteiger partial charge in [-0.15, -0.1) is 0 Å². The van der Waals surface area contributed by atoms with E-state index >= 15 is 0 Å². The minimum Gasteiger partial charge on any atom is -0.507 e. The first-order chi connectivity index (χ1) is 10.1. The molecule has 2 rings (SSSR count). The first kappa shape index (κ1) is 16.1. The lowest BCUT2D eigenvalue weighted by Gasteiger charge is -2.39. The number of halogens is 1. The maximum absolute atomic E-state index is 12.8. The molecule has 1 aliphatic carbocycles. The molecule has 5 heteroatoms. The SMILES string of the molecule is CCN(C(=O)c1cc(Cl)ccc1O)C1CCCCC1CN. The second kappa shape index (κ2) is 7.14. The van der Waals surface area contributed by atoms with E-state index in [0.29, 0.717) is 24.0 Å². The molecule has 0 heterocycles. The van der Waals surface area contributed by atoms with Gasteiger partial charge in [0.25, 0.3) is 5.91 Å². The summed E-state index contributed by atoms with van der Waals surface area (Å²) in [4.78, 5) is 14.6. The average molecular weight is 311 g/mol. The highest BCUT2D eigenvalue weighted by molar-refractivity contribution is 6.31. The fraction of sp³-hybridized carbons (Fsp3) is 0.562. The number of nitrogens with zero attached hydrogens (tertiary/aromatic N) is 1. The van der Waals surface area contributed by atoms with Crippen molar-refractivity contribution in [2.24, 2.45) is 11.7 Å². The van der Waals surface area contributed by atoms with E-state index in [9.17, 15) is 9.90 Å². The Kier molecular flexibility index (Phi) is 5.48. The summed E-state index contributed by atoms with van der Waals surface area (Å²) in [5, 5.41) is 10.4. The van der Waals surface area contributed by atoms with Crippen molar-refractivity contribution >= 4 is 17.5 Å². The summed E-state index contributed by atoms with van der Waals surface area (Å²) >= 11 is 5.95. The van der Waals surface area contributed by atoms with E-state index in [1.807, 2.05) is 11.8 Å². The zero-order valence-electron chi connectivity index (χ0n) is 12.4. The molecule has 0 aromatic heterocycles. The fourth-order valence-electron chi connectivity index (χ4n) is 3.24. The summed E-state index contributed by atoms with van der Waals surface area (Å²) in [6.45, 7) is 3.16. The van der Waals surface area contributed by atoms with E-state index < -0.39 is 0 Å². The first-order valence-electron chi connectivity index (χ1n) is 7.58. The molecule has 0 radical (unpaired) electrons. The minimum atomic E-state index is -0.164. The van der Waals surface area contributed by atoms with Gasteiger partial charge >= 0.3 is 0 Å². The summed E-state index contributed by atoms with van der Waals surface area (Å²) in [5.74, 6) is 0.148. The van der Waals surface area contributed by atoms with Crippen LogP contribution in [0.15, 0.2) is 18.2 Å². The highest BCUT2D eigenvalue weighted by Crippen LogP contribution is 2.30. The van der Waals surface area contributed by atoms with Crippen molar-refractivity contribution in [1.29, 1.82) is 0 Å². The standard InChI is InChI=1S/C16H23ClN2O2/c1-2-19(14-6-4-3-5-11(14)10-18)16(21)13-9-12(17)7-8-15(13)20/h7-9,11,14,20H,2-6,10,18H2,1H3. The van der Waals surface area contributed by atoms with Gasteiger partial charge in [-0.1, -0.05) is 24.4 Å². The number of rotatable bonds is 4. The number of benzene rings is 1. The van der Waals surface area contributed by atoms with E-state index in [1.54, 1.807) is 6.07 Å². The van der Waals surface area contributed by atoms with Crippen LogP contribution in [-0.4, -0.2) is 35.0 Å². The molecule has 2 unspecified atom stereocenters. The Morgan fingerprint density at radius 2 is 2.14 bits per heavy atom. The van der Waals surface area contributed by atoms with Crippen LogP contribution in [0, 0.1) is 5.92 Å². The topological polar surface area (TPSA) is 66.6 Å². The lowest BCUT2D eigenvalue weighted by Crippen LogP contribution is -2.48. The smallest absolute Gasteiger partial charge is 0.257 e. The highest BCUT2D eigenvalue weighted by Gasteiger charge is 2.32. The van der Waals surface area contributed by atoms with Crippen LogP contribution in [0.2, 0.25) is 5.02 Å². The lowest BCUT2D eigenvalue weighted by atomic mass is 9.83. The van der Waals surface area contributed by atoms with Gasteiger partial charge in [0, 0.05) is 17.6 Å². The average Bonchev–Trinajstić information content (AvgIpc) is 2.50. The number of phenolic OH excluding ortho intramolecular Hbond substituents is 1. The van der Waals surface area contributed by atoms with Gasteiger partial charge in [-0.3, -0.25) is 4.79 Å². The van der Waals surface area contributed by atoms with Crippen molar-refractivity contribution in [1.82, 2.24) is 4.90 Å². The van der Waals surface area contributed by atoms with Crippen molar-refractivity contribution in [2.45, 2.75) is 38.6 Å². The second-order valence-electron chi connectivity index (χ2n) is 5.60. The molecule has 1 aliphatic rings. The maximum atomic E-state index is 12.8. The van der Waals surface area contributed by atoms with Gasteiger partial charge in [0.2, 0.25) is 0 Å². The molecule has 0 saturated heterocycles. The van der Waals surface area contributed by atoms with Crippen LogP contribution in [0.25, 0.3) is 0 Å². The Labute approximate surface area is 130 Å². The van der Waals surface area contributed by atoms with E-state index in [-0.39, 0.29) is 23.3 Å². The van der Waals surface area contributed by atoms with Crippen LogP contribution in [0.3, 0.4) is 0 Å². The molecule has 0 spiro atoms. The molecule has 1 saturated carbocycles. The van der Waals surface area contributed by atoms with E-state index in [2.05, 4.69) is 0 Å². The predicted octanol–water partition coefficient (Wildman–Crippen LogP) is 3.03. The molecule has 1 fully saturated rings. The molecule has 0 aliphatic heterocycles. The number of aromatic hydroxyl groups is 1. The summed E-state index contributed by atoms with van der Waals surface area (Å²) in [6, 6.07) is 4.72. The lowest BCUT2D eigenvalue weighted by molar-refractivity contribution is 0.0557. The van der Waals surface area contributed by atoms with Gasteiger partial charge in [0.05, 0.1) is 5.56 Å². The number of hydrogen-bond acceptors (Lipinski definition) is 3. The Hall–Kier alpha value is -1.26. The molecular weight excluding hydrogens is 288 g/mol. The summed E-state index contributed by atoms with van der Waals surface area (Å²) in [6.07, 6.45) is 4.33. The van der Waals surface area contributed by atoms with Crippen LogP contribution >= 0.6 is 11.6 Å². The van der Waals surface area contributed by atoms with Crippen molar-refractivity contribution in [3.63, 3.8) is 0 Å². The number of amides is 1. The largest absolute Gasteiger partial charge is 0.507 e. The van der Waals surface area contributed by atoms with Gasteiger partial charge in [-0.05, 0) is 50.4 Å². The number of carbonyl (C=O) groups is 1. The van der Waals surface area contributed by atoms with E-state index in [0.717, 1.165) is 19.3 Å². The van der Waals surface area contributed by atoms with Crippen LogP contribution in [-0.2, 0) is 0 Å². The Morgan fingerprint density at radius 3 is 2.81 bits per heavy atom.